The van der Waals surface area contributed by atoms with Gasteiger partial charge in [-0.1, -0.05) is 0 Å². The third-order valence-electron chi connectivity index (χ3n) is 4.27. The fourth-order valence-corrected chi connectivity index (χ4v) is 3.23. The van der Waals surface area contributed by atoms with Crippen LogP contribution in [0.1, 0.15) is 23.3 Å². The standard InChI is InChI=1S/C14H21N3O/c1-15-6-3-5-13(15)14(18)11-16-8-9-17-7-2-4-12(17)10-16/h3,5-6,12H,2,4,7-11H2,1H3. The van der Waals surface area contributed by atoms with Crippen LogP contribution in [0.15, 0.2) is 18.3 Å². The lowest BCUT2D eigenvalue weighted by atomic mass is 10.1. The normalized spacial score (nSPS) is 25.3. The van der Waals surface area contributed by atoms with Gasteiger partial charge < -0.3 is 4.57 Å². The van der Waals surface area contributed by atoms with Crippen LogP contribution in [0.3, 0.4) is 0 Å². The summed E-state index contributed by atoms with van der Waals surface area (Å²) in [5, 5.41) is 0. The highest BCUT2D eigenvalue weighted by molar-refractivity contribution is 5.96. The number of Topliss-reactive ketones (excluding diaryl/α,β-unsaturated/α-hetero) is 1. The zero-order valence-corrected chi connectivity index (χ0v) is 11.0. The van der Waals surface area contributed by atoms with Crippen molar-refractivity contribution in [2.75, 3.05) is 32.7 Å². The van der Waals surface area contributed by atoms with E-state index in [0.29, 0.717) is 12.6 Å². The maximum atomic E-state index is 12.2. The molecule has 0 saturated carbocycles. The van der Waals surface area contributed by atoms with Crippen molar-refractivity contribution in [2.24, 2.45) is 7.05 Å². The van der Waals surface area contributed by atoms with Crippen LogP contribution in [0.2, 0.25) is 0 Å². The third kappa shape index (κ3) is 2.22. The lowest BCUT2D eigenvalue weighted by Gasteiger charge is -2.37. The van der Waals surface area contributed by atoms with Gasteiger partial charge in [-0.05, 0) is 31.5 Å². The third-order valence-corrected chi connectivity index (χ3v) is 4.27. The van der Waals surface area contributed by atoms with Crippen LogP contribution in [-0.2, 0) is 7.05 Å². The Morgan fingerprint density at radius 3 is 3.06 bits per heavy atom. The number of carbonyl (C=O) groups excluding carboxylic acids is 1. The summed E-state index contributed by atoms with van der Waals surface area (Å²) in [7, 11) is 1.93. The van der Waals surface area contributed by atoms with Crippen LogP contribution in [-0.4, -0.2) is 58.9 Å². The molecule has 4 nitrogen and oxygen atoms in total. The van der Waals surface area contributed by atoms with Crippen LogP contribution in [0.5, 0.6) is 0 Å². The van der Waals surface area contributed by atoms with Crippen molar-refractivity contribution in [1.82, 2.24) is 14.4 Å². The Hall–Kier alpha value is -1.13. The summed E-state index contributed by atoms with van der Waals surface area (Å²) in [6, 6.07) is 4.54. The van der Waals surface area contributed by atoms with E-state index in [2.05, 4.69) is 9.80 Å². The first-order valence-electron chi connectivity index (χ1n) is 6.85. The van der Waals surface area contributed by atoms with Crippen molar-refractivity contribution in [3.05, 3.63) is 24.0 Å². The summed E-state index contributed by atoms with van der Waals surface area (Å²) in [6.45, 7) is 5.06. The number of hydrogen-bond donors (Lipinski definition) is 0. The Balaban J connectivity index is 1.60. The summed E-state index contributed by atoms with van der Waals surface area (Å²) in [5.74, 6) is 0.244. The van der Waals surface area contributed by atoms with Crippen molar-refractivity contribution < 1.29 is 4.79 Å². The molecule has 1 aromatic heterocycles. The molecule has 0 N–H and O–H groups in total. The summed E-state index contributed by atoms with van der Waals surface area (Å²) in [6.07, 6.45) is 4.56. The maximum Gasteiger partial charge on any atom is 0.193 e. The van der Waals surface area contributed by atoms with E-state index in [0.717, 1.165) is 25.3 Å². The van der Waals surface area contributed by atoms with Gasteiger partial charge >= 0.3 is 0 Å². The minimum atomic E-state index is 0.244. The zero-order valence-electron chi connectivity index (χ0n) is 11.0. The molecule has 2 saturated heterocycles. The molecule has 98 valence electrons. The zero-order chi connectivity index (χ0) is 12.5. The van der Waals surface area contributed by atoms with Crippen molar-refractivity contribution in [3.63, 3.8) is 0 Å². The molecule has 0 spiro atoms. The molecular weight excluding hydrogens is 226 g/mol. The average Bonchev–Trinajstić information content (AvgIpc) is 2.96. The molecule has 4 heteroatoms. The van der Waals surface area contributed by atoms with E-state index in [9.17, 15) is 4.79 Å². The molecule has 3 rings (SSSR count). The first-order valence-corrected chi connectivity index (χ1v) is 6.85. The summed E-state index contributed by atoms with van der Waals surface area (Å²) in [5.41, 5.74) is 0.823. The van der Waals surface area contributed by atoms with Gasteiger partial charge in [0, 0.05) is 38.9 Å². The Morgan fingerprint density at radius 1 is 1.39 bits per heavy atom. The smallest absolute Gasteiger partial charge is 0.193 e. The van der Waals surface area contributed by atoms with Crippen molar-refractivity contribution in [3.8, 4) is 0 Å². The molecule has 0 aromatic carbocycles. The van der Waals surface area contributed by atoms with Crippen molar-refractivity contribution in [1.29, 1.82) is 0 Å². The molecule has 0 aliphatic carbocycles. The lowest BCUT2D eigenvalue weighted by molar-refractivity contribution is 0.0778. The molecule has 0 bridgehead atoms. The highest BCUT2D eigenvalue weighted by atomic mass is 16.1. The second-order valence-electron chi connectivity index (χ2n) is 5.49. The number of ketones is 1. The Kier molecular flexibility index (Phi) is 3.22. The van der Waals surface area contributed by atoms with Gasteiger partial charge in [0.2, 0.25) is 0 Å². The second kappa shape index (κ2) is 4.86. The summed E-state index contributed by atoms with van der Waals surface area (Å²) >= 11 is 0. The number of aryl methyl sites for hydroxylation is 1. The molecular formula is C14H21N3O. The first kappa shape index (κ1) is 11.9. The van der Waals surface area contributed by atoms with Crippen LogP contribution in [0, 0.1) is 0 Å². The summed E-state index contributed by atoms with van der Waals surface area (Å²) < 4.78 is 1.91. The number of fused-ring (bicyclic) bond motifs is 1. The van der Waals surface area contributed by atoms with Crippen molar-refractivity contribution in [2.45, 2.75) is 18.9 Å². The Labute approximate surface area is 108 Å². The highest BCUT2D eigenvalue weighted by Gasteiger charge is 2.31. The Morgan fingerprint density at radius 2 is 2.28 bits per heavy atom. The fraction of sp³-hybridized carbons (Fsp3) is 0.643. The topological polar surface area (TPSA) is 28.5 Å². The van der Waals surface area contributed by atoms with E-state index in [4.69, 9.17) is 0 Å². The predicted octanol–water partition coefficient (Wildman–Crippen LogP) is 0.988. The van der Waals surface area contributed by atoms with Gasteiger partial charge in [0.05, 0.1) is 12.2 Å². The van der Waals surface area contributed by atoms with E-state index in [-0.39, 0.29) is 5.78 Å². The SMILES string of the molecule is Cn1cccc1C(=O)CN1CCN2CCCC2C1. The number of carbonyl (C=O) groups is 1. The number of nitrogens with zero attached hydrogens (tertiary/aromatic N) is 3. The van der Waals surface area contributed by atoms with Crippen molar-refractivity contribution >= 4 is 5.78 Å². The van der Waals surface area contributed by atoms with E-state index in [1.807, 2.05) is 29.9 Å². The average molecular weight is 247 g/mol. The molecule has 1 unspecified atom stereocenters. The predicted molar refractivity (Wildman–Crippen MR) is 70.8 cm³/mol. The maximum absolute atomic E-state index is 12.2. The van der Waals surface area contributed by atoms with Crippen LogP contribution in [0.25, 0.3) is 0 Å². The van der Waals surface area contributed by atoms with Gasteiger partial charge in [-0.15, -0.1) is 0 Å². The van der Waals surface area contributed by atoms with Gasteiger partial charge in [-0.3, -0.25) is 14.6 Å². The minimum absolute atomic E-state index is 0.244. The molecule has 2 fully saturated rings. The molecule has 1 atom stereocenters. The highest BCUT2D eigenvalue weighted by Crippen LogP contribution is 2.21. The van der Waals surface area contributed by atoms with Gasteiger partial charge in [-0.2, -0.15) is 0 Å². The Bertz CT molecular complexity index is 440. The number of hydrogen-bond acceptors (Lipinski definition) is 3. The monoisotopic (exact) mass is 247 g/mol. The largest absolute Gasteiger partial charge is 0.348 e. The van der Waals surface area contributed by atoms with E-state index in [1.54, 1.807) is 0 Å². The molecule has 3 heterocycles. The molecule has 2 aliphatic rings. The second-order valence-corrected chi connectivity index (χ2v) is 5.49. The lowest BCUT2D eigenvalue weighted by Crippen LogP contribution is -2.51. The number of aromatic nitrogens is 1. The molecule has 1 aromatic rings. The van der Waals surface area contributed by atoms with E-state index in [1.165, 1.54) is 19.4 Å². The number of rotatable bonds is 3. The quantitative estimate of drug-likeness (QED) is 0.746. The summed E-state index contributed by atoms with van der Waals surface area (Å²) in [4.78, 5) is 17.1. The van der Waals surface area contributed by atoms with E-state index >= 15 is 0 Å². The van der Waals surface area contributed by atoms with Gasteiger partial charge in [0.25, 0.3) is 0 Å². The van der Waals surface area contributed by atoms with E-state index < -0.39 is 0 Å². The van der Waals surface area contributed by atoms with Gasteiger partial charge in [-0.25, -0.2) is 0 Å². The molecule has 2 aliphatic heterocycles. The molecule has 0 amide bonds. The molecule has 18 heavy (non-hydrogen) atoms. The molecule has 0 radical (unpaired) electrons. The fourth-order valence-electron chi connectivity index (χ4n) is 3.23. The minimum Gasteiger partial charge on any atom is -0.348 e. The van der Waals surface area contributed by atoms with Gasteiger partial charge in [0.1, 0.15) is 0 Å². The van der Waals surface area contributed by atoms with Crippen LogP contribution >= 0.6 is 0 Å². The van der Waals surface area contributed by atoms with Gasteiger partial charge in [0.15, 0.2) is 5.78 Å². The van der Waals surface area contributed by atoms with Crippen LogP contribution < -0.4 is 0 Å². The number of piperazine rings is 1. The first-order chi connectivity index (χ1) is 8.74. The van der Waals surface area contributed by atoms with Crippen LogP contribution in [0.4, 0.5) is 0 Å².